The summed E-state index contributed by atoms with van der Waals surface area (Å²) in [5.74, 6) is 0.884. The van der Waals surface area contributed by atoms with Crippen LogP contribution in [0.15, 0.2) is 48.5 Å². The Morgan fingerprint density at radius 1 is 1.00 bits per heavy atom. The van der Waals surface area contributed by atoms with Crippen molar-refractivity contribution in [3.63, 3.8) is 0 Å². The second-order valence-electron chi connectivity index (χ2n) is 5.42. The molecule has 0 bridgehead atoms. The molecule has 0 aromatic heterocycles. The number of hydrogen-bond acceptors (Lipinski definition) is 2. The lowest BCUT2D eigenvalue weighted by molar-refractivity contribution is 0.102. The fourth-order valence-corrected chi connectivity index (χ4v) is 2.54. The summed E-state index contributed by atoms with van der Waals surface area (Å²) in [5, 5.41) is 10.8. The van der Waals surface area contributed by atoms with Gasteiger partial charge in [0, 0.05) is 3.57 Å². The van der Waals surface area contributed by atoms with E-state index in [1.165, 1.54) is 0 Å². The summed E-state index contributed by atoms with van der Waals surface area (Å²) >= 11 is 2.26. The zero-order chi connectivity index (χ0) is 14.2. The molecule has 1 unspecified atom stereocenters. The van der Waals surface area contributed by atoms with Gasteiger partial charge in [0.15, 0.2) is 0 Å². The molecule has 1 saturated carbocycles. The van der Waals surface area contributed by atoms with E-state index in [4.69, 9.17) is 4.74 Å². The Morgan fingerprint density at radius 3 is 2.00 bits per heavy atom. The van der Waals surface area contributed by atoms with E-state index >= 15 is 0 Å². The Kier molecular flexibility index (Phi) is 3.73. The molecule has 1 N–H and O–H groups in total. The van der Waals surface area contributed by atoms with E-state index in [0.717, 1.165) is 33.3 Å². The standard InChI is InChI=1S/C17H17IO2/c1-17(19,12-2-6-14(18)7-3-12)13-4-8-15(9-5-13)20-16-10-11-16/h2-9,16,19H,10-11H2,1H3. The minimum atomic E-state index is -0.984. The van der Waals surface area contributed by atoms with Gasteiger partial charge in [0.1, 0.15) is 11.4 Å². The molecule has 2 aromatic rings. The molecular formula is C17H17IO2. The number of rotatable bonds is 4. The molecule has 0 radical (unpaired) electrons. The molecule has 2 nitrogen and oxygen atoms in total. The van der Waals surface area contributed by atoms with E-state index < -0.39 is 5.60 Å². The lowest BCUT2D eigenvalue weighted by Crippen LogP contribution is -2.22. The minimum Gasteiger partial charge on any atom is -0.490 e. The highest BCUT2D eigenvalue weighted by atomic mass is 127. The number of hydrogen-bond donors (Lipinski definition) is 1. The van der Waals surface area contributed by atoms with Crippen molar-refractivity contribution in [2.45, 2.75) is 31.5 Å². The maximum absolute atomic E-state index is 10.8. The first-order valence-electron chi connectivity index (χ1n) is 6.81. The first kappa shape index (κ1) is 13.9. The SMILES string of the molecule is CC(O)(c1ccc(I)cc1)c1ccc(OC2CC2)cc1. The average Bonchev–Trinajstić information content (AvgIpc) is 3.24. The summed E-state index contributed by atoms with van der Waals surface area (Å²) < 4.78 is 6.89. The van der Waals surface area contributed by atoms with Gasteiger partial charge in [0.05, 0.1) is 6.10 Å². The Hall–Kier alpha value is -1.07. The molecule has 104 valence electrons. The van der Waals surface area contributed by atoms with Crippen LogP contribution >= 0.6 is 22.6 Å². The van der Waals surface area contributed by atoms with Crippen molar-refractivity contribution in [2.24, 2.45) is 0 Å². The number of halogens is 1. The summed E-state index contributed by atoms with van der Waals surface area (Å²) in [4.78, 5) is 0. The first-order valence-corrected chi connectivity index (χ1v) is 7.89. The minimum absolute atomic E-state index is 0.401. The first-order chi connectivity index (χ1) is 9.55. The molecule has 0 amide bonds. The molecule has 1 aliphatic rings. The highest BCUT2D eigenvalue weighted by molar-refractivity contribution is 14.1. The summed E-state index contributed by atoms with van der Waals surface area (Å²) in [7, 11) is 0. The van der Waals surface area contributed by atoms with Gasteiger partial charge >= 0.3 is 0 Å². The van der Waals surface area contributed by atoms with Crippen LogP contribution in [0.5, 0.6) is 5.75 Å². The quantitative estimate of drug-likeness (QED) is 0.810. The lowest BCUT2D eigenvalue weighted by Gasteiger charge is -2.25. The number of aliphatic hydroxyl groups is 1. The van der Waals surface area contributed by atoms with Crippen molar-refractivity contribution >= 4 is 22.6 Å². The van der Waals surface area contributed by atoms with Crippen molar-refractivity contribution in [3.05, 3.63) is 63.2 Å². The van der Waals surface area contributed by atoms with Crippen LogP contribution < -0.4 is 4.74 Å². The maximum atomic E-state index is 10.8. The van der Waals surface area contributed by atoms with Crippen LogP contribution in [0.1, 0.15) is 30.9 Å². The van der Waals surface area contributed by atoms with Gasteiger partial charge in [0.25, 0.3) is 0 Å². The molecule has 3 heteroatoms. The normalized spacial score (nSPS) is 17.6. The van der Waals surface area contributed by atoms with E-state index in [1.54, 1.807) is 0 Å². The number of benzene rings is 2. The van der Waals surface area contributed by atoms with E-state index in [0.29, 0.717) is 6.10 Å². The highest BCUT2D eigenvalue weighted by Gasteiger charge is 2.26. The third-order valence-electron chi connectivity index (χ3n) is 3.65. The molecular weight excluding hydrogens is 363 g/mol. The molecule has 3 rings (SSSR count). The predicted octanol–water partition coefficient (Wildman–Crippen LogP) is 4.09. The van der Waals surface area contributed by atoms with Crippen LogP contribution in [0.4, 0.5) is 0 Å². The Bertz CT molecular complexity index is 583. The molecule has 1 aliphatic carbocycles. The Balaban J connectivity index is 1.83. The maximum Gasteiger partial charge on any atom is 0.119 e. The Morgan fingerprint density at radius 2 is 1.50 bits per heavy atom. The largest absolute Gasteiger partial charge is 0.490 e. The van der Waals surface area contributed by atoms with E-state index in [-0.39, 0.29) is 0 Å². The van der Waals surface area contributed by atoms with Crippen LogP contribution in [0.3, 0.4) is 0 Å². The monoisotopic (exact) mass is 380 g/mol. The van der Waals surface area contributed by atoms with Gasteiger partial charge in [-0.2, -0.15) is 0 Å². The van der Waals surface area contributed by atoms with Crippen molar-refractivity contribution in [3.8, 4) is 5.75 Å². The molecule has 0 aliphatic heterocycles. The third kappa shape index (κ3) is 2.99. The zero-order valence-electron chi connectivity index (χ0n) is 11.3. The fraction of sp³-hybridized carbons (Fsp3) is 0.294. The van der Waals surface area contributed by atoms with Crippen LogP contribution in [0.25, 0.3) is 0 Å². The third-order valence-corrected chi connectivity index (χ3v) is 4.37. The summed E-state index contributed by atoms with van der Waals surface area (Å²) in [5.41, 5.74) is 0.790. The van der Waals surface area contributed by atoms with E-state index in [9.17, 15) is 5.11 Å². The van der Waals surface area contributed by atoms with Gasteiger partial charge in [-0.3, -0.25) is 0 Å². The molecule has 20 heavy (non-hydrogen) atoms. The Labute approximate surface area is 132 Å². The lowest BCUT2D eigenvalue weighted by atomic mass is 9.88. The molecule has 0 heterocycles. The van der Waals surface area contributed by atoms with Gasteiger partial charge in [-0.05, 0) is 77.7 Å². The van der Waals surface area contributed by atoms with Crippen molar-refractivity contribution in [1.82, 2.24) is 0 Å². The molecule has 2 aromatic carbocycles. The van der Waals surface area contributed by atoms with Crippen LogP contribution in [-0.4, -0.2) is 11.2 Å². The smallest absolute Gasteiger partial charge is 0.119 e. The fourth-order valence-electron chi connectivity index (χ4n) is 2.18. The molecule has 0 spiro atoms. The van der Waals surface area contributed by atoms with Gasteiger partial charge < -0.3 is 9.84 Å². The van der Waals surface area contributed by atoms with Crippen molar-refractivity contribution in [2.75, 3.05) is 0 Å². The molecule has 1 fully saturated rings. The topological polar surface area (TPSA) is 29.5 Å². The second kappa shape index (κ2) is 5.37. The summed E-state index contributed by atoms with van der Waals surface area (Å²) in [6.45, 7) is 1.83. The predicted molar refractivity (Wildman–Crippen MR) is 87.9 cm³/mol. The van der Waals surface area contributed by atoms with Gasteiger partial charge in [-0.15, -0.1) is 0 Å². The highest BCUT2D eigenvalue weighted by Crippen LogP contribution is 2.32. The van der Waals surface area contributed by atoms with Gasteiger partial charge in [0.2, 0.25) is 0 Å². The van der Waals surface area contributed by atoms with E-state index in [2.05, 4.69) is 22.6 Å². The average molecular weight is 380 g/mol. The van der Waals surface area contributed by atoms with Crippen LogP contribution in [0, 0.1) is 3.57 Å². The second-order valence-corrected chi connectivity index (χ2v) is 6.67. The molecule has 1 atom stereocenters. The van der Waals surface area contributed by atoms with Gasteiger partial charge in [-0.1, -0.05) is 24.3 Å². The van der Waals surface area contributed by atoms with Crippen molar-refractivity contribution in [1.29, 1.82) is 0 Å². The summed E-state index contributed by atoms with van der Waals surface area (Å²) in [6.07, 6.45) is 2.71. The zero-order valence-corrected chi connectivity index (χ0v) is 13.5. The van der Waals surface area contributed by atoms with E-state index in [1.807, 2.05) is 55.5 Å². The summed E-state index contributed by atoms with van der Waals surface area (Å²) in [6, 6.07) is 15.7. The number of ether oxygens (including phenoxy) is 1. The van der Waals surface area contributed by atoms with Crippen LogP contribution in [0.2, 0.25) is 0 Å². The van der Waals surface area contributed by atoms with Crippen LogP contribution in [-0.2, 0) is 5.60 Å². The molecule has 0 saturated heterocycles. The van der Waals surface area contributed by atoms with Gasteiger partial charge in [-0.25, -0.2) is 0 Å². The van der Waals surface area contributed by atoms with Crippen molar-refractivity contribution < 1.29 is 9.84 Å².